The lowest BCUT2D eigenvalue weighted by atomic mass is 9.93. The molecule has 0 aliphatic rings. The van der Waals surface area contributed by atoms with Crippen LogP contribution in [0, 0.1) is 13.8 Å². The van der Waals surface area contributed by atoms with Crippen LogP contribution in [0.3, 0.4) is 0 Å². The Hall–Kier alpha value is -1.75. The minimum absolute atomic E-state index is 0.114. The molecule has 0 saturated carbocycles. The molecule has 18 heavy (non-hydrogen) atoms. The van der Waals surface area contributed by atoms with E-state index in [2.05, 4.69) is 0 Å². The van der Waals surface area contributed by atoms with Crippen LogP contribution in [-0.2, 0) is 4.79 Å². The highest BCUT2D eigenvalue weighted by Gasteiger charge is 2.20. The largest absolute Gasteiger partial charge is 0.493 e. The molecule has 100 valence electrons. The van der Waals surface area contributed by atoms with E-state index in [0.29, 0.717) is 11.5 Å². The van der Waals surface area contributed by atoms with Gasteiger partial charge in [-0.1, -0.05) is 0 Å². The van der Waals surface area contributed by atoms with Crippen LogP contribution in [0.5, 0.6) is 11.5 Å². The van der Waals surface area contributed by atoms with Crippen molar-refractivity contribution >= 4 is 5.97 Å². The Kier molecular flexibility index (Phi) is 4.55. The first-order chi connectivity index (χ1) is 8.42. The number of methoxy groups -OCH3 is 2. The maximum atomic E-state index is 10.7. The van der Waals surface area contributed by atoms with Crippen molar-refractivity contribution in [3.8, 4) is 11.5 Å². The van der Waals surface area contributed by atoms with Gasteiger partial charge in [0.15, 0.2) is 11.5 Å². The molecule has 0 bridgehead atoms. The molecule has 3 N–H and O–H groups in total. The van der Waals surface area contributed by atoms with Crippen LogP contribution in [0.1, 0.15) is 29.2 Å². The lowest BCUT2D eigenvalue weighted by Crippen LogP contribution is -2.18. The molecule has 0 spiro atoms. The third-order valence-corrected chi connectivity index (χ3v) is 2.93. The van der Waals surface area contributed by atoms with Crippen molar-refractivity contribution in [3.63, 3.8) is 0 Å². The molecule has 0 aromatic heterocycles. The first-order valence-corrected chi connectivity index (χ1v) is 5.61. The highest BCUT2D eigenvalue weighted by atomic mass is 16.5. The van der Waals surface area contributed by atoms with Gasteiger partial charge in [-0.3, -0.25) is 4.79 Å². The van der Waals surface area contributed by atoms with Crippen LogP contribution in [0.25, 0.3) is 0 Å². The normalized spacial score (nSPS) is 12.1. The predicted octanol–water partition coefficient (Wildman–Crippen LogP) is 1.80. The third-order valence-electron chi connectivity index (χ3n) is 2.93. The van der Waals surface area contributed by atoms with Crippen molar-refractivity contribution in [1.82, 2.24) is 0 Å². The van der Waals surface area contributed by atoms with Gasteiger partial charge in [0.25, 0.3) is 0 Å². The summed E-state index contributed by atoms with van der Waals surface area (Å²) >= 11 is 0. The smallest absolute Gasteiger partial charge is 0.305 e. The molecule has 0 heterocycles. The van der Waals surface area contributed by atoms with Gasteiger partial charge in [0.1, 0.15) is 0 Å². The number of carbonyl (C=O) groups is 1. The number of ether oxygens (including phenoxy) is 2. The van der Waals surface area contributed by atoms with E-state index in [1.165, 1.54) is 0 Å². The summed E-state index contributed by atoms with van der Waals surface area (Å²) in [6, 6.07) is 1.25. The number of carboxylic acids is 1. The number of hydrogen-bond donors (Lipinski definition) is 2. The van der Waals surface area contributed by atoms with Gasteiger partial charge in [-0.2, -0.15) is 0 Å². The van der Waals surface area contributed by atoms with Gasteiger partial charge in [-0.15, -0.1) is 0 Å². The molecule has 5 heteroatoms. The molecule has 5 nitrogen and oxygen atoms in total. The van der Waals surface area contributed by atoms with E-state index in [-0.39, 0.29) is 6.42 Å². The molecular formula is C13H19NO4. The summed E-state index contributed by atoms with van der Waals surface area (Å²) < 4.78 is 10.5. The fraction of sp³-hybridized carbons (Fsp3) is 0.462. The Morgan fingerprint density at radius 1 is 1.39 bits per heavy atom. The van der Waals surface area contributed by atoms with E-state index in [4.69, 9.17) is 20.3 Å². The van der Waals surface area contributed by atoms with E-state index in [9.17, 15) is 4.79 Å². The lowest BCUT2D eigenvalue weighted by molar-refractivity contribution is -0.137. The monoisotopic (exact) mass is 253 g/mol. The zero-order chi connectivity index (χ0) is 13.9. The summed E-state index contributed by atoms with van der Waals surface area (Å²) in [6.45, 7) is 3.73. The molecule has 1 aromatic rings. The molecule has 0 aliphatic carbocycles. The van der Waals surface area contributed by atoms with Crippen molar-refractivity contribution < 1.29 is 19.4 Å². The van der Waals surface area contributed by atoms with Gasteiger partial charge in [-0.25, -0.2) is 0 Å². The molecule has 0 saturated heterocycles. The second-order valence-corrected chi connectivity index (χ2v) is 4.17. The summed E-state index contributed by atoms with van der Waals surface area (Å²) in [5.74, 6) is 0.300. The summed E-state index contributed by atoms with van der Waals surface area (Å²) in [5, 5.41) is 8.82. The second kappa shape index (κ2) is 5.73. The van der Waals surface area contributed by atoms with E-state index in [1.54, 1.807) is 14.2 Å². The number of nitrogens with two attached hydrogens (primary N) is 1. The van der Waals surface area contributed by atoms with Gasteiger partial charge < -0.3 is 20.3 Å². The maximum Gasteiger partial charge on any atom is 0.305 e. The first kappa shape index (κ1) is 14.3. The summed E-state index contributed by atoms with van der Waals surface area (Å²) in [7, 11) is 3.11. The van der Waals surface area contributed by atoms with Gasteiger partial charge in [0.05, 0.1) is 20.6 Å². The van der Waals surface area contributed by atoms with Crippen LogP contribution in [0.2, 0.25) is 0 Å². The molecule has 0 radical (unpaired) electrons. The summed E-state index contributed by atoms with van der Waals surface area (Å²) in [5.41, 5.74) is 8.46. The van der Waals surface area contributed by atoms with Crippen molar-refractivity contribution in [2.75, 3.05) is 14.2 Å². The number of benzene rings is 1. The minimum Gasteiger partial charge on any atom is -0.493 e. The zero-order valence-corrected chi connectivity index (χ0v) is 11.1. The quantitative estimate of drug-likeness (QED) is 0.836. The second-order valence-electron chi connectivity index (χ2n) is 4.17. The number of carboxylic acid groups (broad SMARTS) is 1. The molecule has 1 rings (SSSR count). The van der Waals surface area contributed by atoms with Crippen LogP contribution in [-0.4, -0.2) is 25.3 Å². The van der Waals surface area contributed by atoms with Crippen molar-refractivity contribution in [2.24, 2.45) is 5.73 Å². The molecule has 1 unspecified atom stereocenters. The van der Waals surface area contributed by atoms with E-state index < -0.39 is 12.0 Å². The van der Waals surface area contributed by atoms with Crippen LogP contribution in [0.4, 0.5) is 0 Å². The third kappa shape index (κ3) is 2.73. The highest BCUT2D eigenvalue weighted by molar-refractivity contribution is 5.68. The fourth-order valence-corrected chi connectivity index (χ4v) is 2.21. The van der Waals surface area contributed by atoms with Gasteiger partial charge >= 0.3 is 5.97 Å². The molecule has 1 atom stereocenters. The van der Waals surface area contributed by atoms with E-state index >= 15 is 0 Å². The van der Waals surface area contributed by atoms with Crippen LogP contribution in [0.15, 0.2) is 6.07 Å². The summed E-state index contributed by atoms with van der Waals surface area (Å²) in [4.78, 5) is 10.7. The van der Waals surface area contributed by atoms with E-state index in [1.807, 2.05) is 19.9 Å². The molecule has 1 aromatic carbocycles. The van der Waals surface area contributed by atoms with Crippen molar-refractivity contribution in [3.05, 3.63) is 22.8 Å². The van der Waals surface area contributed by atoms with Gasteiger partial charge in [0.2, 0.25) is 0 Å². The Morgan fingerprint density at radius 3 is 2.44 bits per heavy atom. The Morgan fingerprint density at radius 2 is 2.00 bits per heavy atom. The van der Waals surface area contributed by atoms with Crippen molar-refractivity contribution in [2.45, 2.75) is 26.3 Å². The Balaban J connectivity index is 3.31. The minimum atomic E-state index is -0.920. The summed E-state index contributed by atoms with van der Waals surface area (Å²) in [6.07, 6.45) is -0.114. The predicted molar refractivity (Wildman–Crippen MR) is 68.2 cm³/mol. The average Bonchev–Trinajstić information content (AvgIpc) is 2.27. The molecular weight excluding hydrogens is 234 g/mol. The molecule has 0 amide bonds. The first-order valence-electron chi connectivity index (χ1n) is 5.61. The fourth-order valence-electron chi connectivity index (χ4n) is 2.21. The lowest BCUT2D eigenvalue weighted by Gasteiger charge is -2.20. The van der Waals surface area contributed by atoms with Crippen LogP contribution < -0.4 is 15.2 Å². The van der Waals surface area contributed by atoms with Crippen LogP contribution >= 0.6 is 0 Å². The highest BCUT2D eigenvalue weighted by Crippen LogP contribution is 2.37. The number of aliphatic carboxylic acids is 1. The maximum absolute atomic E-state index is 10.7. The van der Waals surface area contributed by atoms with Gasteiger partial charge in [0, 0.05) is 6.04 Å². The SMILES string of the molecule is COc1cc(C)c(C(N)CC(=O)O)c(C)c1OC. The van der Waals surface area contributed by atoms with Crippen molar-refractivity contribution in [1.29, 1.82) is 0 Å². The standard InChI is InChI=1S/C13H19NO4/c1-7-5-10(17-3)13(18-4)8(2)12(7)9(14)6-11(15)16/h5,9H,6,14H2,1-4H3,(H,15,16). The topological polar surface area (TPSA) is 81.8 Å². The Bertz CT molecular complexity index is 457. The number of aryl methyl sites for hydroxylation is 1. The van der Waals surface area contributed by atoms with E-state index in [0.717, 1.165) is 16.7 Å². The zero-order valence-electron chi connectivity index (χ0n) is 11.1. The Labute approximate surface area is 107 Å². The number of hydrogen-bond acceptors (Lipinski definition) is 4. The molecule has 0 aliphatic heterocycles. The van der Waals surface area contributed by atoms with Gasteiger partial charge in [-0.05, 0) is 36.6 Å². The average molecular weight is 253 g/mol. The molecule has 0 fully saturated rings. The number of rotatable bonds is 5.